The molecule has 0 radical (unpaired) electrons. The van der Waals surface area contributed by atoms with Gasteiger partial charge in [0.25, 0.3) is 10.0 Å². The second kappa shape index (κ2) is 5.98. The van der Waals surface area contributed by atoms with Gasteiger partial charge in [-0.25, -0.2) is 13.2 Å². The molecule has 0 aliphatic carbocycles. The zero-order chi connectivity index (χ0) is 16.5. The molecule has 2 aromatic rings. The van der Waals surface area contributed by atoms with E-state index in [0.29, 0.717) is 4.47 Å². The fraction of sp³-hybridized carbons (Fsp3) is 0.0714. The number of rotatable bonds is 4. The summed E-state index contributed by atoms with van der Waals surface area (Å²) in [5.74, 6) is -1.82. The van der Waals surface area contributed by atoms with E-state index in [0.717, 1.165) is 17.7 Å². The summed E-state index contributed by atoms with van der Waals surface area (Å²) in [7, 11) is -3.87. The standard InChI is InChI=1S/C14H12BrNO5S/c1-8-2-5-13(11(15)6-8)22(20,21)16-9-3-4-10(14(18)19)12(17)7-9/h2-7,16-17H,1H3,(H,18,19). The Labute approximate surface area is 135 Å². The quantitative estimate of drug-likeness (QED) is 0.750. The molecular weight excluding hydrogens is 374 g/mol. The molecule has 0 heterocycles. The second-order valence-corrected chi connectivity index (χ2v) is 7.08. The van der Waals surface area contributed by atoms with Crippen LogP contribution in [-0.4, -0.2) is 24.6 Å². The Morgan fingerprint density at radius 2 is 1.86 bits per heavy atom. The minimum Gasteiger partial charge on any atom is -0.507 e. The van der Waals surface area contributed by atoms with Crippen molar-refractivity contribution in [1.29, 1.82) is 0 Å². The molecule has 8 heteroatoms. The molecule has 0 unspecified atom stereocenters. The van der Waals surface area contributed by atoms with Crippen LogP contribution in [0.2, 0.25) is 0 Å². The zero-order valence-electron chi connectivity index (χ0n) is 11.4. The third-order valence-corrected chi connectivity index (χ3v) is 5.22. The number of anilines is 1. The fourth-order valence-electron chi connectivity index (χ4n) is 1.81. The van der Waals surface area contributed by atoms with Gasteiger partial charge in [0.15, 0.2) is 0 Å². The van der Waals surface area contributed by atoms with Crippen LogP contribution in [0, 0.1) is 6.92 Å². The molecule has 0 bridgehead atoms. The van der Waals surface area contributed by atoms with Crippen molar-refractivity contribution >= 4 is 37.6 Å². The number of carboxylic acid groups (broad SMARTS) is 1. The molecule has 2 rings (SSSR count). The van der Waals surface area contributed by atoms with Crippen molar-refractivity contribution in [3.05, 3.63) is 52.0 Å². The first-order chi connectivity index (χ1) is 10.2. The molecule has 0 spiro atoms. The predicted octanol–water partition coefficient (Wildman–Crippen LogP) is 2.96. The Hall–Kier alpha value is -2.06. The Morgan fingerprint density at radius 3 is 2.41 bits per heavy atom. The fourth-order valence-corrected chi connectivity index (χ4v) is 4.05. The van der Waals surface area contributed by atoms with Gasteiger partial charge in [0.05, 0.1) is 5.69 Å². The largest absolute Gasteiger partial charge is 0.507 e. The van der Waals surface area contributed by atoms with Crippen LogP contribution in [0.3, 0.4) is 0 Å². The molecule has 0 aliphatic rings. The van der Waals surface area contributed by atoms with Gasteiger partial charge in [-0.2, -0.15) is 0 Å². The maximum Gasteiger partial charge on any atom is 0.339 e. The Kier molecular flexibility index (Phi) is 4.43. The molecule has 6 nitrogen and oxygen atoms in total. The molecule has 0 atom stereocenters. The summed E-state index contributed by atoms with van der Waals surface area (Å²) >= 11 is 3.20. The summed E-state index contributed by atoms with van der Waals surface area (Å²) in [4.78, 5) is 10.9. The molecule has 0 aliphatic heterocycles. The highest BCUT2D eigenvalue weighted by molar-refractivity contribution is 9.10. The maximum atomic E-state index is 12.3. The number of hydrogen-bond donors (Lipinski definition) is 3. The number of benzene rings is 2. The number of halogens is 1. The van der Waals surface area contributed by atoms with Crippen LogP contribution in [0.25, 0.3) is 0 Å². The minimum absolute atomic E-state index is 0.0416. The van der Waals surface area contributed by atoms with E-state index in [2.05, 4.69) is 20.7 Å². The summed E-state index contributed by atoms with van der Waals surface area (Å²) in [6.07, 6.45) is 0. The lowest BCUT2D eigenvalue weighted by molar-refractivity contribution is 0.0694. The summed E-state index contributed by atoms with van der Waals surface area (Å²) in [5, 5.41) is 18.4. The zero-order valence-corrected chi connectivity index (χ0v) is 13.8. The molecule has 2 aromatic carbocycles. The number of carboxylic acids is 1. The van der Waals surface area contributed by atoms with Crippen molar-refractivity contribution in [2.45, 2.75) is 11.8 Å². The molecule has 0 aromatic heterocycles. The van der Waals surface area contributed by atoms with E-state index < -0.39 is 21.7 Å². The highest BCUT2D eigenvalue weighted by Crippen LogP contribution is 2.27. The first-order valence-corrected chi connectivity index (χ1v) is 8.33. The van der Waals surface area contributed by atoms with Crippen LogP contribution in [0.15, 0.2) is 45.8 Å². The van der Waals surface area contributed by atoms with E-state index in [1.807, 2.05) is 6.92 Å². The van der Waals surface area contributed by atoms with Crippen molar-refractivity contribution in [3.8, 4) is 5.75 Å². The van der Waals surface area contributed by atoms with E-state index in [1.165, 1.54) is 12.1 Å². The van der Waals surface area contributed by atoms with Gasteiger partial charge in [0, 0.05) is 10.5 Å². The summed E-state index contributed by atoms with van der Waals surface area (Å²) in [5.41, 5.74) is 0.656. The lowest BCUT2D eigenvalue weighted by Gasteiger charge is -2.11. The number of aryl methyl sites for hydroxylation is 1. The summed E-state index contributed by atoms with van der Waals surface area (Å²) in [6.45, 7) is 1.83. The number of nitrogens with one attached hydrogen (secondary N) is 1. The summed E-state index contributed by atoms with van der Waals surface area (Å²) in [6, 6.07) is 8.21. The van der Waals surface area contributed by atoms with E-state index in [4.69, 9.17) is 5.11 Å². The number of aromatic hydroxyl groups is 1. The molecule has 0 saturated heterocycles. The molecule has 0 saturated carbocycles. The molecule has 0 amide bonds. The van der Waals surface area contributed by atoms with E-state index in [9.17, 15) is 18.3 Å². The maximum absolute atomic E-state index is 12.3. The first-order valence-electron chi connectivity index (χ1n) is 6.06. The average Bonchev–Trinajstić information content (AvgIpc) is 2.37. The molecule has 0 fully saturated rings. The van der Waals surface area contributed by atoms with E-state index >= 15 is 0 Å². The lowest BCUT2D eigenvalue weighted by Crippen LogP contribution is -2.13. The predicted molar refractivity (Wildman–Crippen MR) is 84.8 cm³/mol. The van der Waals surface area contributed by atoms with Crippen LogP contribution in [0.4, 0.5) is 5.69 Å². The van der Waals surface area contributed by atoms with E-state index in [-0.39, 0.29) is 16.1 Å². The van der Waals surface area contributed by atoms with Gasteiger partial charge >= 0.3 is 5.97 Å². The van der Waals surface area contributed by atoms with Crippen molar-refractivity contribution in [1.82, 2.24) is 0 Å². The van der Waals surface area contributed by atoms with Gasteiger partial charge < -0.3 is 10.2 Å². The number of carbonyl (C=O) groups is 1. The normalized spacial score (nSPS) is 11.2. The molecular formula is C14H12BrNO5S. The number of sulfonamides is 1. The number of aromatic carboxylic acids is 1. The second-order valence-electron chi connectivity index (χ2n) is 4.58. The molecule has 116 valence electrons. The van der Waals surface area contributed by atoms with Crippen LogP contribution < -0.4 is 4.72 Å². The highest BCUT2D eigenvalue weighted by atomic mass is 79.9. The third-order valence-electron chi connectivity index (χ3n) is 2.86. The minimum atomic E-state index is -3.87. The van der Waals surface area contributed by atoms with Crippen molar-refractivity contribution < 1.29 is 23.4 Å². The Bertz CT molecular complexity index is 848. The SMILES string of the molecule is Cc1ccc(S(=O)(=O)Nc2ccc(C(=O)O)c(O)c2)c(Br)c1. The van der Waals surface area contributed by atoms with Crippen molar-refractivity contribution in [2.24, 2.45) is 0 Å². The van der Waals surface area contributed by atoms with Gasteiger partial charge in [-0.3, -0.25) is 4.72 Å². The monoisotopic (exact) mass is 385 g/mol. The van der Waals surface area contributed by atoms with Crippen LogP contribution in [-0.2, 0) is 10.0 Å². The lowest BCUT2D eigenvalue weighted by atomic mass is 10.2. The van der Waals surface area contributed by atoms with Gasteiger partial charge in [0.1, 0.15) is 16.2 Å². The summed E-state index contributed by atoms with van der Waals surface area (Å²) < 4.78 is 27.3. The smallest absolute Gasteiger partial charge is 0.339 e. The number of phenols is 1. The molecule has 3 N–H and O–H groups in total. The van der Waals surface area contributed by atoms with Gasteiger partial charge in [-0.05, 0) is 52.7 Å². The van der Waals surface area contributed by atoms with Crippen LogP contribution in [0.1, 0.15) is 15.9 Å². The molecule has 22 heavy (non-hydrogen) atoms. The van der Waals surface area contributed by atoms with Gasteiger partial charge in [-0.15, -0.1) is 0 Å². The topological polar surface area (TPSA) is 104 Å². The Balaban J connectivity index is 2.37. The van der Waals surface area contributed by atoms with Gasteiger partial charge in [0.2, 0.25) is 0 Å². The highest BCUT2D eigenvalue weighted by Gasteiger charge is 2.19. The van der Waals surface area contributed by atoms with Crippen LogP contribution >= 0.6 is 15.9 Å². The first kappa shape index (κ1) is 16.3. The third kappa shape index (κ3) is 3.40. The van der Waals surface area contributed by atoms with Crippen LogP contribution in [0.5, 0.6) is 5.75 Å². The number of hydrogen-bond acceptors (Lipinski definition) is 4. The average molecular weight is 386 g/mol. The van der Waals surface area contributed by atoms with E-state index in [1.54, 1.807) is 12.1 Å². The van der Waals surface area contributed by atoms with Crippen molar-refractivity contribution in [3.63, 3.8) is 0 Å². The Morgan fingerprint density at radius 1 is 1.18 bits per heavy atom. The van der Waals surface area contributed by atoms with Gasteiger partial charge in [-0.1, -0.05) is 6.07 Å². The van der Waals surface area contributed by atoms with Crippen molar-refractivity contribution in [2.75, 3.05) is 4.72 Å².